The lowest BCUT2D eigenvalue weighted by Gasteiger charge is -2.31. The summed E-state index contributed by atoms with van der Waals surface area (Å²) in [6.07, 6.45) is 8.49. The molecule has 0 radical (unpaired) electrons. The van der Waals surface area contributed by atoms with Gasteiger partial charge in [-0.15, -0.1) is 0 Å². The van der Waals surface area contributed by atoms with E-state index >= 15 is 0 Å². The summed E-state index contributed by atoms with van der Waals surface area (Å²) in [5.41, 5.74) is 6.34. The molecule has 2 atom stereocenters. The van der Waals surface area contributed by atoms with E-state index in [1.54, 1.807) is 0 Å². The molecule has 13 heavy (non-hydrogen) atoms. The van der Waals surface area contributed by atoms with Gasteiger partial charge >= 0.3 is 0 Å². The summed E-state index contributed by atoms with van der Waals surface area (Å²) in [4.78, 5) is 0. The first kappa shape index (κ1) is 9.85. The number of nitrogens with two attached hydrogens (primary N) is 1. The van der Waals surface area contributed by atoms with Crippen LogP contribution in [0.15, 0.2) is 0 Å². The minimum absolute atomic E-state index is 0.523. The summed E-state index contributed by atoms with van der Waals surface area (Å²) in [6, 6.07) is 0.523. The highest BCUT2D eigenvalue weighted by molar-refractivity contribution is 7.99. The van der Waals surface area contributed by atoms with Crippen LogP contribution in [-0.4, -0.2) is 17.5 Å². The standard InChI is InChI=1S/C11H21NS/c12-11(10-6-7-13-8-10)9-4-2-1-3-5-9/h9-11H,1-8,12H2. The first-order valence-electron chi connectivity index (χ1n) is 5.71. The third-order valence-corrected chi connectivity index (χ3v) is 4.89. The molecule has 1 aliphatic carbocycles. The topological polar surface area (TPSA) is 26.0 Å². The van der Waals surface area contributed by atoms with Crippen LogP contribution in [0.5, 0.6) is 0 Å². The van der Waals surface area contributed by atoms with Gasteiger partial charge in [-0.1, -0.05) is 19.3 Å². The lowest BCUT2D eigenvalue weighted by Crippen LogP contribution is -2.38. The smallest absolute Gasteiger partial charge is 0.0104 e. The van der Waals surface area contributed by atoms with E-state index in [1.165, 1.54) is 50.0 Å². The van der Waals surface area contributed by atoms with Crippen LogP contribution in [0, 0.1) is 11.8 Å². The first-order chi connectivity index (χ1) is 6.38. The van der Waals surface area contributed by atoms with E-state index in [1.807, 2.05) is 0 Å². The first-order valence-corrected chi connectivity index (χ1v) is 6.87. The van der Waals surface area contributed by atoms with Gasteiger partial charge in [0.05, 0.1) is 0 Å². The van der Waals surface area contributed by atoms with E-state index in [9.17, 15) is 0 Å². The van der Waals surface area contributed by atoms with Crippen LogP contribution >= 0.6 is 11.8 Å². The maximum absolute atomic E-state index is 6.34. The molecule has 0 spiro atoms. The van der Waals surface area contributed by atoms with Gasteiger partial charge in [-0.05, 0) is 42.6 Å². The Kier molecular flexibility index (Phi) is 3.56. The predicted molar refractivity (Wildman–Crippen MR) is 60.0 cm³/mol. The maximum atomic E-state index is 6.34. The molecule has 2 aliphatic rings. The number of hydrogen-bond acceptors (Lipinski definition) is 2. The fraction of sp³-hybridized carbons (Fsp3) is 1.00. The highest BCUT2D eigenvalue weighted by atomic mass is 32.2. The lowest BCUT2D eigenvalue weighted by atomic mass is 9.79. The molecule has 1 saturated carbocycles. The Bertz CT molecular complexity index is 148. The van der Waals surface area contributed by atoms with Crippen molar-refractivity contribution in [3.05, 3.63) is 0 Å². The Labute approximate surface area is 85.8 Å². The van der Waals surface area contributed by atoms with E-state index in [2.05, 4.69) is 11.8 Å². The molecule has 0 aromatic carbocycles. The van der Waals surface area contributed by atoms with Crippen molar-refractivity contribution in [2.75, 3.05) is 11.5 Å². The monoisotopic (exact) mass is 199 g/mol. The average Bonchev–Trinajstić information content (AvgIpc) is 2.71. The van der Waals surface area contributed by atoms with Crippen LogP contribution in [0.25, 0.3) is 0 Å². The zero-order valence-electron chi connectivity index (χ0n) is 8.37. The fourth-order valence-electron chi connectivity index (χ4n) is 2.76. The minimum Gasteiger partial charge on any atom is -0.327 e. The largest absolute Gasteiger partial charge is 0.327 e. The summed E-state index contributed by atoms with van der Waals surface area (Å²) < 4.78 is 0. The van der Waals surface area contributed by atoms with Gasteiger partial charge in [-0.3, -0.25) is 0 Å². The van der Waals surface area contributed by atoms with Crippen LogP contribution in [0.3, 0.4) is 0 Å². The Morgan fingerprint density at radius 2 is 1.77 bits per heavy atom. The third-order valence-electron chi connectivity index (χ3n) is 3.70. The van der Waals surface area contributed by atoms with Gasteiger partial charge in [0, 0.05) is 6.04 Å². The Morgan fingerprint density at radius 1 is 1.00 bits per heavy atom. The predicted octanol–water partition coefficient (Wildman–Crippen LogP) is 2.65. The summed E-state index contributed by atoms with van der Waals surface area (Å²) in [5, 5.41) is 0. The van der Waals surface area contributed by atoms with Gasteiger partial charge in [0.15, 0.2) is 0 Å². The molecule has 2 unspecified atom stereocenters. The summed E-state index contributed by atoms with van der Waals surface area (Å²) in [7, 11) is 0. The molecule has 0 aromatic rings. The zero-order chi connectivity index (χ0) is 9.10. The van der Waals surface area contributed by atoms with Crippen molar-refractivity contribution in [3.8, 4) is 0 Å². The second-order valence-electron chi connectivity index (χ2n) is 4.60. The molecular formula is C11H21NS. The highest BCUT2D eigenvalue weighted by Crippen LogP contribution is 2.34. The third kappa shape index (κ3) is 2.41. The molecule has 2 rings (SSSR count). The highest BCUT2D eigenvalue weighted by Gasteiger charge is 2.29. The average molecular weight is 199 g/mol. The van der Waals surface area contributed by atoms with Crippen LogP contribution < -0.4 is 5.73 Å². The van der Waals surface area contributed by atoms with Gasteiger partial charge in [-0.2, -0.15) is 11.8 Å². The second-order valence-corrected chi connectivity index (χ2v) is 5.75. The molecule has 1 heterocycles. The van der Waals surface area contributed by atoms with Gasteiger partial charge in [-0.25, -0.2) is 0 Å². The lowest BCUT2D eigenvalue weighted by molar-refractivity contribution is 0.256. The van der Waals surface area contributed by atoms with E-state index in [0.717, 1.165) is 11.8 Å². The van der Waals surface area contributed by atoms with E-state index < -0.39 is 0 Å². The molecule has 76 valence electrons. The molecule has 0 amide bonds. The number of rotatable bonds is 2. The fourth-order valence-corrected chi connectivity index (χ4v) is 4.09. The van der Waals surface area contributed by atoms with Crippen LogP contribution in [0.1, 0.15) is 38.5 Å². The van der Waals surface area contributed by atoms with Gasteiger partial charge in [0.2, 0.25) is 0 Å². The molecule has 2 N–H and O–H groups in total. The summed E-state index contributed by atoms with van der Waals surface area (Å²) in [6.45, 7) is 0. The molecule has 1 saturated heterocycles. The van der Waals surface area contributed by atoms with Gasteiger partial charge in [0.1, 0.15) is 0 Å². The van der Waals surface area contributed by atoms with Crippen molar-refractivity contribution in [2.45, 2.75) is 44.6 Å². The van der Waals surface area contributed by atoms with Crippen LogP contribution in [0.4, 0.5) is 0 Å². The normalized spacial score (nSPS) is 33.5. The van der Waals surface area contributed by atoms with Crippen molar-refractivity contribution in [1.29, 1.82) is 0 Å². The second kappa shape index (κ2) is 4.70. The Balaban J connectivity index is 1.83. The van der Waals surface area contributed by atoms with Gasteiger partial charge in [0.25, 0.3) is 0 Å². The van der Waals surface area contributed by atoms with Crippen molar-refractivity contribution in [1.82, 2.24) is 0 Å². The van der Waals surface area contributed by atoms with Crippen molar-refractivity contribution in [2.24, 2.45) is 17.6 Å². The summed E-state index contributed by atoms with van der Waals surface area (Å²) >= 11 is 2.09. The van der Waals surface area contributed by atoms with E-state index in [-0.39, 0.29) is 0 Å². The van der Waals surface area contributed by atoms with E-state index in [4.69, 9.17) is 5.73 Å². The van der Waals surface area contributed by atoms with Crippen molar-refractivity contribution in [3.63, 3.8) is 0 Å². The minimum atomic E-state index is 0.523. The van der Waals surface area contributed by atoms with Crippen molar-refractivity contribution < 1.29 is 0 Å². The Morgan fingerprint density at radius 3 is 2.38 bits per heavy atom. The van der Waals surface area contributed by atoms with E-state index in [0.29, 0.717) is 6.04 Å². The maximum Gasteiger partial charge on any atom is 0.0104 e. The van der Waals surface area contributed by atoms with Crippen molar-refractivity contribution >= 4 is 11.8 Å². The Hall–Kier alpha value is 0.310. The molecular weight excluding hydrogens is 178 g/mol. The molecule has 0 bridgehead atoms. The van der Waals surface area contributed by atoms with Crippen LogP contribution in [0.2, 0.25) is 0 Å². The zero-order valence-corrected chi connectivity index (χ0v) is 9.19. The molecule has 1 nitrogen and oxygen atoms in total. The number of hydrogen-bond donors (Lipinski definition) is 1. The summed E-state index contributed by atoms with van der Waals surface area (Å²) in [5.74, 6) is 4.38. The van der Waals surface area contributed by atoms with Gasteiger partial charge < -0.3 is 5.73 Å². The molecule has 1 aliphatic heterocycles. The molecule has 2 fully saturated rings. The van der Waals surface area contributed by atoms with Crippen LogP contribution in [-0.2, 0) is 0 Å². The molecule has 2 heteroatoms. The number of thioether (sulfide) groups is 1. The SMILES string of the molecule is NC(C1CCCCC1)C1CCSC1. The molecule has 0 aromatic heterocycles. The quantitative estimate of drug-likeness (QED) is 0.740.